The van der Waals surface area contributed by atoms with E-state index in [0.29, 0.717) is 18.3 Å². The molecule has 0 unspecified atom stereocenters. The molecule has 0 aliphatic heterocycles. The number of hydrazine groups is 1. The Balaban J connectivity index is 1.87. The van der Waals surface area contributed by atoms with Crippen LogP contribution in [0.1, 0.15) is 39.0 Å². The standard InChI is InChI=1S/C13H23N5O/c1-2-10-3-6-13(19,7-4-10)9-16-11-5-8-15-12(17-11)18-14/h5,8,10,19H,2-4,6-7,9,14H2,1H3,(H2,15,16,17,18). The van der Waals surface area contributed by atoms with E-state index in [4.69, 9.17) is 5.84 Å². The van der Waals surface area contributed by atoms with Crippen molar-refractivity contribution < 1.29 is 5.11 Å². The minimum absolute atomic E-state index is 0.367. The molecule has 1 aliphatic rings. The third-order valence-corrected chi connectivity index (χ3v) is 4.00. The molecule has 1 aliphatic carbocycles. The molecular weight excluding hydrogens is 242 g/mol. The second-order valence-electron chi connectivity index (χ2n) is 5.34. The van der Waals surface area contributed by atoms with Gasteiger partial charge in [-0.3, -0.25) is 5.43 Å². The van der Waals surface area contributed by atoms with Crippen molar-refractivity contribution in [2.45, 2.75) is 44.6 Å². The number of aliphatic hydroxyl groups is 1. The van der Waals surface area contributed by atoms with E-state index in [0.717, 1.165) is 31.6 Å². The first-order chi connectivity index (χ1) is 9.15. The minimum Gasteiger partial charge on any atom is -0.388 e. The maximum absolute atomic E-state index is 10.5. The second kappa shape index (κ2) is 6.16. The van der Waals surface area contributed by atoms with Crippen LogP contribution in [0.15, 0.2) is 12.3 Å². The fraction of sp³-hybridized carbons (Fsp3) is 0.692. The van der Waals surface area contributed by atoms with Gasteiger partial charge in [0.05, 0.1) is 5.60 Å². The van der Waals surface area contributed by atoms with Crippen LogP contribution < -0.4 is 16.6 Å². The number of nitrogens with one attached hydrogen (secondary N) is 2. The molecule has 1 aromatic rings. The Morgan fingerprint density at radius 2 is 2.21 bits per heavy atom. The topological polar surface area (TPSA) is 96.1 Å². The number of nitrogens with zero attached hydrogens (tertiary/aromatic N) is 2. The van der Waals surface area contributed by atoms with Gasteiger partial charge in [-0.1, -0.05) is 13.3 Å². The van der Waals surface area contributed by atoms with Crippen LogP contribution in [0.4, 0.5) is 11.8 Å². The molecule has 0 spiro atoms. The van der Waals surface area contributed by atoms with Crippen molar-refractivity contribution in [1.82, 2.24) is 9.97 Å². The highest BCUT2D eigenvalue weighted by Crippen LogP contribution is 2.33. The number of nitrogens with two attached hydrogens (primary N) is 1. The Bertz CT molecular complexity index is 404. The minimum atomic E-state index is -0.618. The van der Waals surface area contributed by atoms with E-state index >= 15 is 0 Å². The quantitative estimate of drug-likeness (QED) is 0.476. The molecule has 1 fully saturated rings. The maximum Gasteiger partial charge on any atom is 0.239 e. The summed E-state index contributed by atoms with van der Waals surface area (Å²) in [5.41, 5.74) is 1.79. The highest BCUT2D eigenvalue weighted by atomic mass is 16.3. The second-order valence-corrected chi connectivity index (χ2v) is 5.34. The predicted octanol–water partition coefficient (Wildman–Crippen LogP) is 1.51. The van der Waals surface area contributed by atoms with Crippen molar-refractivity contribution >= 4 is 11.8 Å². The van der Waals surface area contributed by atoms with E-state index in [1.807, 2.05) is 0 Å². The third-order valence-electron chi connectivity index (χ3n) is 4.00. The Hall–Kier alpha value is -1.40. The van der Waals surface area contributed by atoms with Gasteiger partial charge in [0.1, 0.15) is 5.82 Å². The number of aromatic nitrogens is 2. The van der Waals surface area contributed by atoms with Gasteiger partial charge in [-0.25, -0.2) is 10.8 Å². The van der Waals surface area contributed by atoms with Crippen LogP contribution in [0.2, 0.25) is 0 Å². The summed E-state index contributed by atoms with van der Waals surface area (Å²) in [6, 6.07) is 1.77. The van der Waals surface area contributed by atoms with Crippen LogP contribution in [-0.4, -0.2) is 27.2 Å². The Kier molecular flexibility index (Phi) is 4.55. The number of anilines is 2. The van der Waals surface area contributed by atoms with E-state index in [9.17, 15) is 5.11 Å². The smallest absolute Gasteiger partial charge is 0.239 e. The van der Waals surface area contributed by atoms with Gasteiger partial charge < -0.3 is 10.4 Å². The number of rotatable bonds is 5. The Morgan fingerprint density at radius 3 is 2.84 bits per heavy atom. The first-order valence-corrected chi connectivity index (χ1v) is 6.91. The first-order valence-electron chi connectivity index (χ1n) is 6.91. The molecule has 5 N–H and O–H groups in total. The van der Waals surface area contributed by atoms with Gasteiger partial charge in [0.25, 0.3) is 0 Å². The van der Waals surface area contributed by atoms with Gasteiger partial charge in [0.15, 0.2) is 0 Å². The number of hydrogen-bond acceptors (Lipinski definition) is 6. The fourth-order valence-corrected chi connectivity index (χ4v) is 2.58. The predicted molar refractivity (Wildman–Crippen MR) is 75.5 cm³/mol. The lowest BCUT2D eigenvalue weighted by Crippen LogP contribution is -2.40. The Morgan fingerprint density at radius 1 is 1.47 bits per heavy atom. The average Bonchev–Trinajstić information content (AvgIpc) is 2.46. The van der Waals surface area contributed by atoms with Crippen LogP contribution in [-0.2, 0) is 0 Å². The molecule has 19 heavy (non-hydrogen) atoms. The molecule has 1 saturated carbocycles. The summed E-state index contributed by atoms with van der Waals surface area (Å²) >= 11 is 0. The molecule has 1 heterocycles. The average molecular weight is 265 g/mol. The van der Waals surface area contributed by atoms with Crippen LogP contribution in [0.25, 0.3) is 0 Å². The molecule has 6 heteroatoms. The number of nitrogen functional groups attached to an aromatic ring is 1. The molecular formula is C13H23N5O. The molecule has 0 aromatic carbocycles. The van der Waals surface area contributed by atoms with Gasteiger partial charge in [-0.2, -0.15) is 4.98 Å². The fourth-order valence-electron chi connectivity index (χ4n) is 2.58. The van der Waals surface area contributed by atoms with Crippen molar-refractivity contribution in [3.8, 4) is 0 Å². The van der Waals surface area contributed by atoms with E-state index < -0.39 is 5.60 Å². The van der Waals surface area contributed by atoms with Crippen molar-refractivity contribution in [2.24, 2.45) is 11.8 Å². The van der Waals surface area contributed by atoms with Gasteiger partial charge in [-0.05, 0) is 37.7 Å². The summed E-state index contributed by atoms with van der Waals surface area (Å²) in [7, 11) is 0. The molecule has 2 rings (SSSR count). The Labute approximate surface area is 113 Å². The summed E-state index contributed by atoms with van der Waals surface area (Å²) in [5, 5.41) is 13.7. The van der Waals surface area contributed by atoms with E-state index in [2.05, 4.69) is 27.6 Å². The summed E-state index contributed by atoms with van der Waals surface area (Å²) in [6.07, 6.45) is 6.75. The number of hydrogen-bond donors (Lipinski definition) is 4. The van der Waals surface area contributed by atoms with E-state index in [1.165, 1.54) is 6.42 Å². The van der Waals surface area contributed by atoms with Gasteiger partial charge in [-0.15, -0.1) is 0 Å². The summed E-state index contributed by atoms with van der Waals surface area (Å²) in [5.74, 6) is 7.08. The molecule has 0 atom stereocenters. The largest absolute Gasteiger partial charge is 0.388 e. The summed E-state index contributed by atoms with van der Waals surface area (Å²) in [6.45, 7) is 2.74. The van der Waals surface area contributed by atoms with E-state index in [1.54, 1.807) is 12.3 Å². The van der Waals surface area contributed by atoms with Crippen LogP contribution in [0, 0.1) is 5.92 Å². The third kappa shape index (κ3) is 3.78. The summed E-state index contributed by atoms with van der Waals surface area (Å²) in [4.78, 5) is 8.11. The monoisotopic (exact) mass is 265 g/mol. The molecule has 1 aromatic heterocycles. The van der Waals surface area contributed by atoms with Crippen LogP contribution in [0.5, 0.6) is 0 Å². The van der Waals surface area contributed by atoms with E-state index in [-0.39, 0.29) is 0 Å². The van der Waals surface area contributed by atoms with Gasteiger partial charge in [0.2, 0.25) is 5.95 Å². The normalized spacial score (nSPS) is 27.0. The lowest BCUT2D eigenvalue weighted by molar-refractivity contribution is 0.00223. The molecule has 0 radical (unpaired) electrons. The zero-order valence-corrected chi connectivity index (χ0v) is 11.4. The maximum atomic E-state index is 10.5. The van der Waals surface area contributed by atoms with Crippen molar-refractivity contribution in [1.29, 1.82) is 0 Å². The molecule has 0 bridgehead atoms. The zero-order valence-electron chi connectivity index (χ0n) is 11.4. The van der Waals surface area contributed by atoms with Crippen molar-refractivity contribution in [3.63, 3.8) is 0 Å². The SMILES string of the molecule is CCC1CCC(O)(CNc2ccnc(NN)n2)CC1. The molecule has 106 valence electrons. The van der Waals surface area contributed by atoms with Crippen LogP contribution in [0.3, 0.4) is 0 Å². The zero-order chi connectivity index (χ0) is 13.7. The van der Waals surface area contributed by atoms with Crippen molar-refractivity contribution in [3.05, 3.63) is 12.3 Å². The van der Waals surface area contributed by atoms with Crippen LogP contribution >= 0.6 is 0 Å². The lowest BCUT2D eigenvalue weighted by Gasteiger charge is -2.36. The first kappa shape index (κ1) is 14.0. The highest BCUT2D eigenvalue weighted by molar-refractivity contribution is 5.39. The molecule has 6 nitrogen and oxygen atoms in total. The molecule has 0 amide bonds. The highest BCUT2D eigenvalue weighted by Gasteiger charge is 2.32. The van der Waals surface area contributed by atoms with Gasteiger partial charge >= 0.3 is 0 Å². The van der Waals surface area contributed by atoms with Crippen molar-refractivity contribution in [2.75, 3.05) is 17.3 Å². The molecule has 0 saturated heterocycles. The van der Waals surface area contributed by atoms with Gasteiger partial charge in [0, 0.05) is 12.7 Å². The summed E-state index contributed by atoms with van der Waals surface area (Å²) < 4.78 is 0. The lowest BCUT2D eigenvalue weighted by atomic mass is 9.78.